The number of carbonyl (C=O) groups excluding carboxylic acids is 2. The summed E-state index contributed by atoms with van der Waals surface area (Å²) in [6, 6.07) is 11.4. The van der Waals surface area contributed by atoms with Crippen molar-refractivity contribution in [3.05, 3.63) is 70.2 Å². The SMILES string of the molecule is Cc1cc[n+]([O-])c(C)c1C(=O)N1CC2CN(CCC(NC(=O)C3CCC(F)(F)CC3)c3ccccc3)C[C@H]2C1. The molecule has 2 amide bonds. The van der Waals surface area contributed by atoms with E-state index in [1.54, 1.807) is 13.0 Å². The van der Waals surface area contributed by atoms with Crippen LogP contribution in [0.15, 0.2) is 42.6 Å². The second-order valence-electron chi connectivity index (χ2n) is 11.7. The van der Waals surface area contributed by atoms with E-state index in [-0.39, 0.29) is 49.5 Å². The van der Waals surface area contributed by atoms with Crippen LogP contribution in [-0.4, -0.2) is 60.3 Å². The molecule has 9 heteroatoms. The predicted octanol–water partition coefficient (Wildman–Crippen LogP) is 4.01. The summed E-state index contributed by atoms with van der Waals surface area (Å²) in [5, 5.41) is 15.2. The maximum absolute atomic E-state index is 13.6. The van der Waals surface area contributed by atoms with E-state index < -0.39 is 5.92 Å². The standard InChI is InChI=1S/C30H38F2N4O3/c1-20-10-15-36(39)21(2)27(20)29(38)35-18-24-16-34(17-25(24)19-35)14-11-26(22-6-4-3-5-7-22)33-28(37)23-8-12-30(31,32)13-9-23/h3-7,10,15,23-26H,8-9,11-14,16-19H2,1-2H3,(H,33,37)/t24-,25?,26?/m0/s1. The minimum atomic E-state index is -2.65. The number of rotatable bonds is 7. The van der Waals surface area contributed by atoms with Gasteiger partial charge in [-0.05, 0) is 49.1 Å². The lowest BCUT2D eigenvalue weighted by molar-refractivity contribution is -0.612. The van der Waals surface area contributed by atoms with E-state index in [1.807, 2.05) is 42.2 Å². The average Bonchev–Trinajstić information content (AvgIpc) is 3.48. The quantitative estimate of drug-likeness (QED) is 0.425. The lowest BCUT2D eigenvalue weighted by Crippen LogP contribution is -2.39. The smallest absolute Gasteiger partial charge is 0.260 e. The molecule has 0 radical (unpaired) electrons. The number of aromatic nitrogens is 1. The number of carbonyl (C=O) groups is 2. The van der Waals surface area contributed by atoms with Crippen molar-refractivity contribution < 1.29 is 23.1 Å². The fourth-order valence-electron chi connectivity index (χ4n) is 6.60. The Morgan fingerprint density at radius 2 is 1.69 bits per heavy atom. The number of amides is 2. The second-order valence-corrected chi connectivity index (χ2v) is 11.7. The molecule has 3 aliphatic rings. The van der Waals surface area contributed by atoms with Gasteiger partial charge in [-0.2, -0.15) is 4.73 Å². The Hall–Kier alpha value is -3.07. The molecule has 5 rings (SSSR count). The lowest BCUT2D eigenvalue weighted by atomic mass is 9.86. The zero-order valence-corrected chi connectivity index (χ0v) is 22.7. The summed E-state index contributed by atoms with van der Waals surface area (Å²) in [6.07, 6.45) is 2.17. The number of fused-ring (bicyclic) bond motifs is 1. The van der Waals surface area contributed by atoms with Gasteiger partial charge in [-0.3, -0.25) is 9.59 Å². The van der Waals surface area contributed by atoms with E-state index in [2.05, 4.69) is 10.2 Å². The Labute approximate surface area is 228 Å². The van der Waals surface area contributed by atoms with E-state index >= 15 is 0 Å². The third-order valence-corrected chi connectivity index (χ3v) is 8.95. The van der Waals surface area contributed by atoms with Crippen LogP contribution in [0, 0.1) is 36.8 Å². The molecule has 2 aromatic rings. The number of benzene rings is 1. The summed E-state index contributed by atoms with van der Waals surface area (Å²) in [7, 11) is 0. The molecule has 3 fully saturated rings. The molecule has 1 aliphatic carbocycles. The zero-order valence-electron chi connectivity index (χ0n) is 22.7. The monoisotopic (exact) mass is 540 g/mol. The Morgan fingerprint density at radius 1 is 1.05 bits per heavy atom. The minimum Gasteiger partial charge on any atom is -0.618 e. The average molecular weight is 541 g/mol. The van der Waals surface area contributed by atoms with Crippen molar-refractivity contribution in [3.8, 4) is 0 Å². The van der Waals surface area contributed by atoms with Gasteiger partial charge in [-0.1, -0.05) is 30.3 Å². The maximum atomic E-state index is 13.6. The third-order valence-electron chi connectivity index (χ3n) is 8.95. The van der Waals surface area contributed by atoms with Crippen molar-refractivity contribution in [2.45, 2.75) is 57.9 Å². The van der Waals surface area contributed by atoms with Crippen molar-refractivity contribution in [2.75, 3.05) is 32.7 Å². The van der Waals surface area contributed by atoms with Crippen LogP contribution < -0.4 is 10.0 Å². The Bertz CT molecular complexity index is 1180. The number of aryl methyl sites for hydroxylation is 1. The van der Waals surface area contributed by atoms with Crippen molar-refractivity contribution in [2.24, 2.45) is 17.8 Å². The summed E-state index contributed by atoms with van der Waals surface area (Å²) in [5.74, 6) is -2.45. The number of likely N-dealkylation sites (tertiary alicyclic amines) is 2. The van der Waals surface area contributed by atoms with Crippen molar-refractivity contribution in [1.82, 2.24) is 15.1 Å². The molecule has 1 aromatic heterocycles. The highest BCUT2D eigenvalue weighted by Crippen LogP contribution is 2.37. The maximum Gasteiger partial charge on any atom is 0.260 e. The predicted molar refractivity (Wildman–Crippen MR) is 143 cm³/mol. The molecule has 2 aliphatic heterocycles. The molecular weight excluding hydrogens is 502 g/mol. The van der Waals surface area contributed by atoms with Gasteiger partial charge in [0.25, 0.3) is 5.91 Å². The first-order valence-electron chi connectivity index (χ1n) is 14.1. The Balaban J connectivity index is 1.17. The molecule has 2 unspecified atom stereocenters. The second kappa shape index (κ2) is 11.2. The van der Waals surface area contributed by atoms with Gasteiger partial charge in [0.05, 0.1) is 6.04 Å². The van der Waals surface area contributed by atoms with Gasteiger partial charge in [0.2, 0.25) is 17.5 Å². The van der Waals surface area contributed by atoms with Gasteiger partial charge < -0.3 is 20.3 Å². The normalized spacial score (nSPS) is 23.9. The fraction of sp³-hybridized carbons (Fsp3) is 0.567. The Morgan fingerprint density at radius 3 is 2.33 bits per heavy atom. The van der Waals surface area contributed by atoms with Gasteiger partial charge >= 0.3 is 0 Å². The highest BCUT2D eigenvalue weighted by molar-refractivity contribution is 5.96. The molecule has 0 bridgehead atoms. The van der Waals surface area contributed by atoms with Crippen molar-refractivity contribution >= 4 is 11.8 Å². The lowest BCUT2D eigenvalue weighted by Gasteiger charge is -2.30. The van der Waals surface area contributed by atoms with Crippen LogP contribution in [0.5, 0.6) is 0 Å². The van der Waals surface area contributed by atoms with Gasteiger partial charge in [0.1, 0.15) is 5.56 Å². The zero-order chi connectivity index (χ0) is 27.7. The third kappa shape index (κ3) is 6.08. The van der Waals surface area contributed by atoms with E-state index in [9.17, 15) is 23.6 Å². The van der Waals surface area contributed by atoms with Crippen LogP contribution in [0.25, 0.3) is 0 Å². The topological polar surface area (TPSA) is 79.6 Å². The molecule has 3 atom stereocenters. The first-order chi connectivity index (χ1) is 18.6. The van der Waals surface area contributed by atoms with Crippen LogP contribution in [0.1, 0.15) is 65.3 Å². The molecule has 39 heavy (non-hydrogen) atoms. The summed E-state index contributed by atoms with van der Waals surface area (Å²) in [4.78, 5) is 30.6. The summed E-state index contributed by atoms with van der Waals surface area (Å²) < 4.78 is 27.9. The van der Waals surface area contributed by atoms with Crippen LogP contribution >= 0.6 is 0 Å². The highest BCUT2D eigenvalue weighted by Gasteiger charge is 2.43. The molecule has 2 saturated heterocycles. The molecule has 7 nitrogen and oxygen atoms in total. The summed E-state index contributed by atoms with van der Waals surface area (Å²) >= 11 is 0. The van der Waals surface area contributed by atoms with E-state index in [1.165, 1.54) is 6.20 Å². The minimum absolute atomic E-state index is 0.0662. The number of nitrogens with one attached hydrogen (secondary N) is 1. The number of halogens is 2. The van der Waals surface area contributed by atoms with Gasteiger partial charge in [-0.25, -0.2) is 8.78 Å². The first kappa shape index (κ1) is 27.5. The molecular formula is C30H38F2N4O3. The number of hydrogen-bond acceptors (Lipinski definition) is 4. The molecule has 210 valence electrons. The van der Waals surface area contributed by atoms with Gasteiger partial charge in [0.15, 0.2) is 6.20 Å². The van der Waals surface area contributed by atoms with E-state index in [4.69, 9.17) is 0 Å². The summed E-state index contributed by atoms with van der Waals surface area (Å²) in [5.41, 5.74) is 2.79. The van der Waals surface area contributed by atoms with Crippen LogP contribution in [-0.2, 0) is 4.79 Å². The van der Waals surface area contributed by atoms with E-state index in [0.29, 0.717) is 36.2 Å². The molecule has 1 N–H and O–H groups in total. The van der Waals surface area contributed by atoms with Crippen LogP contribution in [0.4, 0.5) is 8.78 Å². The van der Waals surface area contributed by atoms with Crippen molar-refractivity contribution in [1.29, 1.82) is 0 Å². The van der Waals surface area contributed by atoms with E-state index in [0.717, 1.165) is 41.9 Å². The van der Waals surface area contributed by atoms with Gasteiger partial charge in [0, 0.05) is 64.5 Å². The van der Waals surface area contributed by atoms with Gasteiger partial charge in [-0.15, -0.1) is 0 Å². The largest absolute Gasteiger partial charge is 0.618 e. The fourth-order valence-corrected chi connectivity index (χ4v) is 6.60. The number of nitrogens with zero attached hydrogens (tertiary/aromatic N) is 3. The van der Waals surface area contributed by atoms with Crippen LogP contribution in [0.2, 0.25) is 0 Å². The molecule has 0 spiro atoms. The van der Waals surface area contributed by atoms with Crippen molar-refractivity contribution in [3.63, 3.8) is 0 Å². The summed E-state index contributed by atoms with van der Waals surface area (Å²) in [6.45, 7) is 7.49. The number of hydrogen-bond donors (Lipinski definition) is 1. The van der Waals surface area contributed by atoms with Crippen LogP contribution in [0.3, 0.4) is 0 Å². The molecule has 3 heterocycles. The molecule has 1 aromatic carbocycles. The molecule has 1 saturated carbocycles. The highest BCUT2D eigenvalue weighted by atomic mass is 19.3. The number of alkyl halides is 2. The Kier molecular flexibility index (Phi) is 7.89. The number of pyridine rings is 1. The first-order valence-corrected chi connectivity index (χ1v) is 14.1.